The van der Waals surface area contributed by atoms with Gasteiger partial charge in [-0.05, 0) is 54.1 Å². The predicted octanol–water partition coefficient (Wildman–Crippen LogP) is 4.86. The summed E-state index contributed by atoms with van der Waals surface area (Å²) in [4.78, 5) is 36.3. The molecule has 3 aromatic rings. The fourth-order valence-corrected chi connectivity index (χ4v) is 3.47. The van der Waals surface area contributed by atoms with E-state index in [1.54, 1.807) is 48.5 Å². The van der Waals surface area contributed by atoms with E-state index in [9.17, 15) is 14.4 Å². The number of nitrogens with zero attached hydrogens (tertiary/aromatic N) is 1. The molecule has 10 heteroatoms. The van der Waals surface area contributed by atoms with E-state index in [-0.39, 0.29) is 28.8 Å². The average Bonchev–Trinajstić information content (AvgIpc) is 2.77. The number of benzene rings is 3. The van der Waals surface area contributed by atoms with Gasteiger partial charge in [0, 0.05) is 15.1 Å². The van der Waals surface area contributed by atoms with Crippen molar-refractivity contribution in [2.75, 3.05) is 6.54 Å². The summed E-state index contributed by atoms with van der Waals surface area (Å²) in [5.41, 5.74) is 3.49. The van der Waals surface area contributed by atoms with Crippen LogP contribution in [-0.2, 0) is 4.79 Å². The number of hydrogen-bond donors (Lipinski definition) is 2. The lowest BCUT2D eigenvalue weighted by atomic mass is 10.2. The standard InChI is InChI=1S/C23H16BrCl2N3O4/c24-16-5-2-4-15(10-16)22(31)27-13-21(30)29-28-12-14-3-1-6-18(9-14)33-23(32)19-8-7-17(25)11-20(19)26/h1-12H,13H2,(H,27,31)(H,29,30). The van der Waals surface area contributed by atoms with Crippen LogP contribution in [0.25, 0.3) is 0 Å². The van der Waals surface area contributed by atoms with Crippen molar-refractivity contribution in [2.45, 2.75) is 0 Å². The fraction of sp³-hybridized carbons (Fsp3) is 0.0435. The Morgan fingerprint density at radius 1 is 1.00 bits per heavy atom. The van der Waals surface area contributed by atoms with Crippen LogP contribution >= 0.6 is 39.1 Å². The molecule has 0 saturated carbocycles. The molecule has 3 aromatic carbocycles. The zero-order valence-corrected chi connectivity index (χ0v) is 19.9. The monoisotopic (exact) mass is 547 g/mol. The Bertz CT molecular complexity index is 1230. The van der Waals surface area contributed by atoms with Crippen LogP contribution in [-0.4, -0.2) is 30.5 Å². The van der Waals surface area contributed by atoms with Crippen molar-refractivity contribution in [3.63, 3.8) is 0 Å². The number of rotatable bonds is 7. The molecule has 0 spiro atoms. The number of esters is 1. The summed E-state index contributed by atoms with van der Waals surface area (Å²) in [5.74, 6) is -1.26. The molecule has 168 valence electrons. The van der Waals surface area contributed by atoms with Crippen molar-refractivity contribution in [2.24, 2.45) is 5.10 Å². The van der Waals surface area contributed by atoms with Crippen LogP contribution in [0, 0.1) is 0 Å². The van der Waals surface area contributed by atoms with E-state index in [2.05, 4.69) is 31.8 Å². The van der Waals surface area contributed by atoms with Crippen molar-refractivity contribution < 1.29 is 19.1 Å². The highest BCUT2D eigenvalue weighted by Crippen LogP contribution is 2.23. The molecular weight excluding hydrogens is 533 g/mol. The summed E-state index contributed by atoms with van der Waals surface area (Å²) in [6.45, 7) is -0.248. The molecule has 0 aliphatic carbocycles. The molecule has 0 heterocycles. The molecular formula is C23H16BrCl2N3O4. The first-order valence-electron chi connectivity index (χ1n) is 9.45. The second-order valence-corrected chi connectivity index (χ2v) is 8.33. The highest BCUT2D eigenvalue weighted by atomic mass is 79.9. The first-order chi connectivity index (χ1) is 15.8. The van der Waals surface area contributed by atoms with E-state index in [1.807, 2.05) is 0 Å². The summed E-state index contributed by atoms with van der Waals surface area (Å²) in [5, 5.41) is 6.94. The quantitative estimate of drug-likeness (QED) is 0.191. The van der Waals surface area contributed by atoms with Gasteiger partial charge in [0.1, 0.15) is 5.75 Å². The molecule has 0 aliphatic heterocycles. The van der Waals surface area contributed by atoms with Gasteiger partial charge in [-0.1, -0.05) is 57.3 Å². The van der Waals surface area contributed by atoms with E-state index < -0.39 is 11.9 Å². The Balaban J connectivity index is 1.52. The van der Waals surface area contributed by atoms with Gasteiger partial charge in [0.2, 0.25) is 0 Å². The SMILES string of the molecule is O=C(CNC(=O)c1cccc(Br)c1)NN=Cc1cccc(OC(=O)c2ccc(Cl)cc2Cl)c1. The lowest BCUT2D eigenvalue weighted by molar-refractivity contribution is -0.120. The maximum absolute atomic E-state index is 12.3. The first-order valence-corrected chi connectivity index (χ1v) is 11.0. The first kappa shape index (κ1) is 24.4. The maximum Gasteiger partial charge on any atom is 0.345 e. The molecule has 0 radical (unpaired) electrons. The molecule has 0 bridgehead atoms. The summed E-state index contributed by atoms with van der Waals surface area (Å²) in [7, 11) is 0. The van der Waals surface area contributed by atoms with Crippen LogP contribution in [0.3, 0.4) is 0 Å². The average molecular weight is 549 g/mol. The molecule has 33 heavy (non-hydrogen) atoms. The third-order valence-electron chi connectivity index (χ3n) is 4.12. The highest BCUT2D eigenvalue weighted by Gasteiger charge is 2.13. The number of hydrazone groups is 1. The van der Waals surface area contributed by atoms with Crippen LogP contribution < -0.4 is 15.5 Å². The van der Waals surface area contributed by atoms with Crippen LogP contribution in [0.1, 0.15) is 26.3 Å². The smallest absolute Gasteiger partial charge is 0.345 e. The van der Waals surface area contributed by atoms with Crippen LogP contribution in [0.2, 0.25) is 10.0 Å². The molecule has 0 aromatic heterocycles. The van der Waals surface area contributed by atoms with Gasteiger partial charge in [-0.3, -0.25) is 9.59 Å². The molecule has 7 nitrogen and oxygen atoms in total. The second kappa shape index (κ2) is 11.6. The molecule has 0 fully saturated rings. The number of halogens is 3. The largest absolute Gasteiger partial charge is 0.423 e. The van der Waals surface area contributed by atoms with Gasteiger partial charge in [-0.15, -0.1) is 0 Å². The van der Waals surface area contributed by atoms with E-state index >= 15 is 0 Å². The number of carbonyl (C=O) groups is 3. The fourth-order valence-electron chi connectivity index (χ4n) is 2.59. The normalized spacial score (nSPS) is 10.6. The van der Waals surface area contributed by atoms with Gasteiger partial charge in [-0.2, -0.15) is 5.10 Å². The molecule has 3 rings (SSSR count). The third kappa shape index (κ3) is 7.42. The van der Waals surface area contributed by atoms with Crippen molar-refractivity contribution in [3.05, 3.63) is 97.9 Å². The second-order valence-electron chi connectivity index (χ2n) is 6.57. The van der Waals surface area contributed by atoms with Crippen molar-refractivity contribution in [1.82, 2.24) is 10.7 Å². The summed E-state index contributed by atoms with van der Waals surface area (Å²) < 4.78 is 6.10. The van der Waals surface area contributed by atoms with Crippen LogP contribution in [0.5, 0.6) is 5.75 Å². The van der Waals surface area contributed by atoms with Gasteiger partial charge in [0.05, 0.1) is 23.3 Å². The number of amides is 2. The Morgan fingerprint density at radius 2 is 1.79 bits per heavy atom. The molecule has 0 saturated heterocycles. The van der Waals surface area contributed by atoms with E-state index in [0.717, 1.165) is 4.47 Å². The Morgan fingerprint density at radius 3 is 2.55 bits per heavy atom. The zero-order valence-electron chi connectivity index (χ0n) is 16.8. The zero-order chi connectivity index (χ0) is 23.8. The predicted molar refractivity (Wildman–Crippen MR) is 130 cm³/mol. The van der Waals surface area contributed by atoms with Crippen molar-refractivity contribution in [3.8, 4) is 5.75 Å². The molecule has 0 atom stereocenters. The molecule has 0 unspecified atom stereocenters. The maximum atomic E-state index is 12.3. The van der Waals surface area contributed by atoms with Gasteiger partial charge < -0.3 is 10.1 Å². The van der Waals surface area contributed by atoms with E-state index in [0.29, 0.717) is 16.1 Å². The number of ether oxygens (including phenoxy) is 1. The summed E-state index contributed by atoms with van der Waals surface area (Å²) in [6, 6.07) is 17.8. The lowest BCUT2D eigenvalue weighted by Gasteiger charge is -2.07. The Kier molecular flexibility index (Phi) is 8.59. The number of hydrogen-bond acceptors (Lipinski definition) is 5. The topological polar surface area (TPSA) is 96.9 Å². The molecule has 2 N–H and O–H groups in total. The molecule has 0 aliphatic rings. The summed E-state index contributed by atoms with van der Waals surface area (Å²) >= 11 is 15.2. The van der Waals surface area contributed by atoms with E-state index in [4.69, 9.17) is 27.9 Å². The van der Waals surface area contributed by atoms with Gasteiger partial charge in [-0.25, -0.2) is 10.2 Å². The van der Waals surface area contributed by atoms with Gasteiger partial charge in [0.25, 0.3) is 11.8 Å². The number of nitrogens with one attached hydrogen (secondary N) is 2. The van der Waals surface area contributed by atoms with Crippen molar-refractivity contribution in [1.29, 1.82) is 0 Å². The third-order valence-corrected chi connectivity index (χ3v) is 5.16. The van der Waals surface area contributed by atoms with Crippen LogP contribution in [0.4, 0.5) is 0 Å². The minimum Gasteiger partial charge on any atom is -0.423 e. The minimum absolute atomic E-state index is 0.178. The summed E-state index contributed by atoms with van der Waals surface area (Å²) in [6.07, 6.45) is 1.38. The van der Waals surface area contributed by atoms with Crippen LogP contribution in [0.15, 0.2) is 76.3 Å². The van der Waals surface area contributed by atoms with Crippen molar-refractivity contribution >= 4 is 63.1 Å². The Labute approximate surface area is 207 Å². The highest BCUT2D eigenvalue weighted by molar-refractivity contribution is 9.10. The number of carbonyl (C=O) groups excluding carboxylic acids is 3. The molecule has 2 amide bonds. The minimum atomic E-state index is -0.639. The van der Waals surface area contributed by atoms with Gasteiger partial charge in [0.15, 0.2) is 0 Å². The Hall–Kier alpha value is -3.20. The van der Waals surface area contributed by atoms with E-state index in [1.165, 1.54) is 24.4 Å². The van der Waals surface area contributed by atoms with Gasteiger partial charge >= 0.3 is 5.97 Å². The lowest BCUT2D eigenvalue weighted by Crippen LogP contribution is -2.34.